The first-order valence-corrected chi connectivity index (χ1v) is 9.00. The molecule has 3 rings (SSSR count). The molecule has 1 fully saturated rings. The van der Waals surface area contributed by atoms with Gasteiger partial charge in [0.1, 0.15) is 0 Å². The smallest absolute Gasteiger partial charge is 0.338 e. The fourth-order valence-electron chi connectivity index (χ4n) is 2.78. The van der Waals surface area contributed by atoms with Gasteiger partial charge in [-0.05, 0) is 30.2 Å². The van der Waals surface area contributed by atoms with E-state index < -0.39 is 12.1 Å². The molecule has 1 aliphatic carbocycles. The lowest BCUT2D eigenvalue weighted by atomic mass is 10.1. The lowest BCUT2D eigenvalue weighted by molar-refractivity contribution is -0.159. The van der Waals surface area contributed by atoms with E-state index in [0.717, 1.165) is 24.9 Å². The van der Waals surface area contributed by atoms with E-state index in [1.165, 1.54) is 0 Å². The highest BCUT2D eigenvalue weighted by Crippen LogP contribution is 2.31. The molecule has 1 amide bonds. The van der Waals surface area contributed by atoms with Crippen LogP contribution in [0.25, 0.3) is 11.4 Å². The summed E-state index contributed by atoms with van der Waals surface area (Å²) in [7, 11) is 0. The first-order valence-electron chi connectivity index (χ1n) is 9.00. The van der Waals surface area contributed by atoms with E-state index in [9.17, 15) is 18.0 Å². The first-order chi connectivity index (χ1) is 12.7. The summed E-state index contributed by atoms with van der Waals surface area (Å²) in [5.41, 5.74) is 1.34. The quantitative estimate of drug-likeness (QED) is 0.707. The second kappa shape index (κ2) is 7.70. The number of benzene rings is 1. The van der Waals surface area contributed by atoms with Gasteiger partial charge in [0, 0.05) is 25.1 Å². The number of hydrogen-bond donors (Lipinski definition) is 0. The molecular formula is C19H22F3N3O2. The zero-order chi connectivity index (χ0) is 19.6. The summed E-state index contributed by atoms with van der Waals surface area (Å²) in [6, 6.07) is 6.84. The van der Waals surface area contributed by atoms with Gasteiger partial charge in [0.05, 0.1) is 0 Å². The molecule has 27 heavy (non-hydrogen) atoms. The van der Waals surface area contributed by atoms with Crippen LogP contribution >= 0.6 is 0 Å². The highest BCUT2D eigenvalue weighted by Gasteiger charge is 2.38. The SMILES string of the molecule is CC(C)CC(=O)N(Cc1ccc(-c2noc(C(F)(F)F)n2)cc1)CC1CC1. The van der Waals surface area contributed by atoms with Gasteiger partial charge in [0.25, 0.3) is 0 Å². The number of rotatable bonds is 7. The first kappa shape index (κ1) is 19.4. The van der Waals surface area contributed by atoms with Crippen LogP contribution in [-0.2, 0) is 17.5 Å². The summed E-state index contributed by atoms with van der Waals surface area (Å²) < 4.78 is 42.0. The van der Waals surface area contributed by atoms with E-state index >= 15 is 0 Å². The van der Waals surface area contributed by atoms with Crippen molar-refractivity contribution in [2.75, 3.05) is 6.54 Å². The number of nitrogens with zero attached hydrogens (tertiary/aromatic N) is 3. The molecule has 1 aromatic heterocycles. The van der Waals surface area contributed by atoms with Crippen LogP contribution in [0.5, 0.6) is 0 Å². The molecule has 0 bridgehead atoms. The molecule has 2 aromatic rings. The minimum Gasteiger partial charge on any atom is -0.338 e. The van der Waals surface area contributed by atoms with Crippen LogP contribution in [0.3, 0.4) is 0 Å². The maximum Gasteiger partial charge on any atom is 0.471 e. The third-order valence-electron chi connectivity index (χ3n) is 4.37. The van der Waals surface area contributed by atoms with Crippen LogP contribution in [0.15, 0.2) is 28.8 Å². The molecule has 0 atom stereocenters. The van der Waals surface area contributed by atoms with Crippen LogP contribution in [0.1, 0.15) is 44.6 Å². The number of halogens is 3. The minimum absolute atomic E-state index is 0.111. The number of aromatic nitrogens is 2. The van der Waals surface area contributed by atoms with Crippen molar-refractivity contribution in [3.05, 3.63) is 35.7 Å². The molecule has 1 aliphatic rings. The van der Waals surface area contributed by atoms with Crippen LogP contribution in [0.2, 0.25) is 0 Å². The van der Waals surface area contributed by atoms with Gasteiger partial charge in [-0.15, -0.1) is 0 Å². The number of carbonyl (C=O) groups excluding carboxylic acids is 1. The van der Waals surface area contributed by atoms with Gasteiger partial charge < -0.3 is 9.42 Å². The molecule has 146 valence electrons. The Kier molecular flexibility index (Phi) is 5.53. The lowest BCUT2D eigenvalue weighted by Crippen LogP contribution is -2.33. The topological polar surface area (TPSA) is 59.2 Å². The molecule has 8 heteroatoms. The third kappa shape index (κ3) is 5.30. The number of hydrogen-bond acceptors (Lipinski definition) is 4. The van der Waals surface area contributed by atoms with Crippen molar-refractivity contribution in [1.82, 2.24) is 15.0 Å². The molecule has 1 saturated carbocycles. The largest absolute Gasteiger partial charge is 0.471 e. The highest BCUT2D eigenvalue weighted by atomic mass is 19.4. The molecule has 0 aliphatic heterocycles. The Hall–Kier alpha value is -2.38. The van der Waals surface area contributed by atoms with Crippen molar-refractivity contribution < 1.29 is 22.5 Å². The average Bonchev–Trinajstić information content (AvgIpc) is 3.25. The highest BCUT2D eigenvalue weighted by molar-refractivity contribution is 5.76. The Morgan fingerprint density at radius 1 is 1.26 bits per heavy atom. The summed E-state index contributed by atoms with van der Waals surface area (Å²) in [6.07, 6.45) is -1.84. The second-order valence-electron chi connectivity index (χ2n) is 7.43. The zero-order valence-corrected chi connectivity index (χ0v) is 15.3. The van der Waals surface area contributed by atoms with Gasteiger partial charge in [0.15, 0.2) is 0 Å². The van der Waals surface area contributed by atoms with Gasteiger partial charge in [0.2, 0.25) is 11.7 Å². The van der Waals surface area contributed by atoms with Crippen LogP contribution in [-0.4, -0.2) is 27.5 Å². The number of carbonyl (C=O) groups is 1. The number of alkyl halides is 3. The fraction of sp³-hybridized carbons (Fsp3) is 0.526. The van der Waals surface area contributed by atoms with E-state index in [0.29, 0.717) is 30.4 Å². The normalized spacial score (nSPS) is 14.6. The second-order valence-corrected chi connectivity index (χ2v) is 7.43. The maximum absolute atomic E-state index is 12.6. The van der Waals surface area contributed by atoms with Gasteiger partial charge >= 0.3 is 12.1 Å². The Bertz CT molecular complexity index is 780. The fourth-order valence-corrected chi connectivity index (χ4v) is 2.78. The standard InChI is InChI=1S/C19H22F3N3O2/c1-12(2)9-16(26)25(10-13-3-4-13)11-14-5-7-15(8-6-14)17-23-18(27-24-17)19(20,21)22/h5-8,12-13H,3-4,9-11H2,1-2H3. The molecule has 0 spiro atoms. The molecule has 0 unspecified atom stereocenters. The van der Waals surface area contributed by atoms with E-state index in [4.69, 9.17) is 0 Å². The molecule has 1 heterocycles. The Morgan fingerprint density at radius 2 is 1.93 bits per heavy atom. The minimum atomic E-state index is -4.66. The van der Waals surface area contributed by atoms with Crippen molar-refractivity contribution >= 4 is 5.91 Å². The summed E-state index contributed by atoms with van der Waals surface area (Å²) in [6.45, 7) is 5.28. The van der Waals surface area contributed by atoms with Gasteiger partial charge in [-0.1, -0.05) is 43.3 Å². The molecule has 0 N–H and O–H groups in total. The zero-order valence-electron chi connectivity index (χ0n) is 15.3. The van der Waals surface area contributed by atoms with Gasteiger partial charge in [-0.25, -0.2) is 0 Å². The van der Waals surface area contributed by atoms with Crippen molar-refractivity contribution in [3.63, 3.8) is 0 Å². The molecule has 0 radical (unpaired) electrons. The molecule has 0 saturated heterocycles. The van der Waals surface area contributed by atoms with Crippen molar-refractivity contribution in [1.29, 1.82) is 0 Å². The Morgan fingerprint density at radius 3 is 2.44 bits per heavy atom. The van der Waals surface area contributed by atoms with E-state index in [1.807, 2.05) is 18.7 Å². The molecule has 5 nitrogen and oxygen atoms in total. The Balaban J connectivity index is 1.69. The molecular weight excluding hydrogens is 359 g/mol. The van der Waals surface area contributed by atoms with Crippen molar-refractivity contribution in [2.24, 2.45) is 11.8 Å². The number of amides is 1. The van der Waals surface area contributed by atoms with Crippen LogP contribution < -0.4 is 0 Å². The predicted octanol–water partition coefficient (Wildman–Crippen LogP) is 4.54. The van der Waals surface area contributed by atoms with Crippen LogP contribution in [0, 0.1) is 11.8 Å². The van der Waals surface area contributed by atoms with Crippen molar-refractivity contribution in [3.8, 4) is 11.4 Å². The monoisotopic (exact) mass is 381 g/mol. The molecule has 1 aromatic carbocycles. The lowest BCUT2D eigenvalue weighted by Gasteiger charge is -2.24. The van der Waals surface area contributed by atoms with Gasteiger partial charge in [-0.2, -0.15) is 18.2 Å². The van der Waals surface area contributed by atoms with E-state index in [1.54, 1.807) is 24.3 Å². The summed E-state index contributed by atoms with van der Waals surface area (Å²) in [5, 5.41) is 3.38. The maximum atomic E-state index is 12.6. The summed E-state index contributed by atoms with van der Waals surface area (Å²) in [5.74, 6) is -0.465. The van der Waals surface area contributed by atoms with Gasteiger partial charge in [-0.3, -0.25) is 4.79 Å². The van der Waals surface area contributed by atoms with Crippen LogP contribution in [0.4, 0.5) is 13.2 Å². The third-order valence-corrected chi connectivity index (χ3v) is 4.37. The van der Waals surface area contributed by atoms with E-state index in [-0.39, 0.29) is 11.7 Å². The Labute approximate surface area is 155 Å². The summed E-state index contributed by atoms with van der Waals surface area (Å²) >= 11 is 0. The van der Waals surface area contributed by atoms with E-state index in [2.05, 4.69) is 14.7 Å². The summed E-state index contributed by atoms with van der Waals surface area (Å²) in [4.78, 5) is 17.8. The average molecular weight is 381 g/mol. The van der Waals surface area contributed by atoms with Crippen molar-refractivity contribution in [2.45, 2.75) is 45.8 Å². The predicted molar refractivity (Wildman–Crippen MR) is 92.3 cm³/mol.